The lowest BCUT2D eigenvalue weighted by Gasteiger charge is -2.13. The fourth-order valence-corrected chi connectivity index (χ4v) is 2.27. The van der Waals surface area contributed by atoms with Crippen LogP contribution in [0.4, 0.5) is 5.69 Å². The smallest absolute Gasteiger partial charge is 0.286 e. The lowest BCUT2D eigenvalue weighted by molar-refractivity contribution is -0.116. The molecule has 0 saturated carbocycles. The third kappa shape index (κ3) is 5.00. The third-order valence-corrected chi connectivity index (χ3v) is 3.62. The summed E-state index contributed by atoms with van der Waals surface area (Å²) in [6.07, 6.45) is 2.24. The van der Waals surface area contributed by atoms with Gasteiger partial charge in [0.25, 0.3) is 5.91 Å². The van der Waals surface area contributed by atoms with Gasteiger partial charge in [0.05, 0.1) is 20.5 Å². The topological polar surface area (TPSA) is 89.8 Å². The van der Waals surface area contributed by atoms with Gasteiger partial charge in [-0.15, -0.1) is 0 Å². The Labute approximate surface area is 146 Å². The van der Waals surface area contributed by atoms with E-state index in [1.165, 1.54) is 6.26 Å². The van der Waals surface area contributed by atoms with Crippen molar-refractivity contribution in [2.24, 2.45) is 0 Å². The molecule has 0 fully saturated rings. The molecule has 1 heterocycles. The molecule has 0 atom stereocenters. The maximum atomic E-state index is 12.1. The van der Waals surface area contributed by atoms with Crippen molar-refractivity contribution in [3.8, 4) is 11.5 Å². The minimum Gasteiger partial charge on any atom is -0.493 e. The van der Waals surface area contributed by atoms with E-state index >= 15 is 0 Å². The summed E-state index contributed by atoms with van der Waals surface area (Å²) in [6.45, 7) is 2.26. The number of nitrogens with one attached hydrogen (secondary N) is 2. The fourth-order valence-electron chi connectivity index (χ4n) is 2.27. The number of ether oxygens (including phenoxy) is 2. The normalized spacial score (nSPS) is 10.2. The lowest BCUT2D eigenvalue weighted by atomic mass is 10.1. The molecule has 0 aliphatic heterocycles. The zero-order valence-electron chi connectivity index (χ0n) is 14.5. The molecule has 0 spiro atoms. The number of rotatable bonds is 8. The Morgan fingerprint density at radius 2 is 1.88 bits per heavy atom. The van der Waals surface area contributed by atoms with Gasteiger partial charge in [-0.1, -0.05) is 0 Å². The van der Waals surface area contributed by atoms with Gasteiger partial charge in [0.15, 0.2) is 17.3 Å². The highest BCUT2D eigenvalue weighted by molar-refractivity contribution is 5.92. The van der Waals surface area contributed by atoms with Crippen molar-refractivity contribution in [3.05, 3.63) is 41.9 Å². The van der Waals surface area contributed by atoms with Crippen molar-refractivity contribution in [2.45, 2.75) is 19.8 Å². The zero-order chi connectivity index (χ0) is 18.2. The average Bonchev–Trinajstić information content (AvgIpc) is 3.14. The first-order valence-corrected chi connectivity index (χ1v) is 7.89. The van der Waals surface area contributed by atoms with E-state index in [1.807, 2.05) is 6.92 Å². The molecule has 2 N–H and O–H groups in total. The van der Waals surface area contributed by atoms with Crippen LogP contribution in [0.5, 0.6) is 11.5 Å². The van der Waals surface area contributed by atoms with Crippen molar-refractivity contribution in [3.63, 3.8) is 0 Å². The molecule has 25 heavy (non-hydrogen) atoms. The predicted molar refractivity (Wildman–Crippen MR) is 93.2 cm³/mol. The molecular formula is C18H22N2O5. The van der Waals surface area contributed by atoms with E-state index in [2.05, 4.69) is 10.6 Å². The monoisotopic (exact) mass is 346 g/mol. The van der Waals surface area contributed by atoms with Crippen LogP contribution in [0, 0.1) is 6.92 Å². The quantitative estimate of drug-likeness (QED) is 0.717. The number of methoxy groups -OCH3 is 2. The SMILES string of the molecule is COc1cc(C)c(NC(=O)CCCNC(=O)c2ccco2)cc1OC. The Morgan fingerprint density at radius 3 is 2.52 bits per heavy atom. The number of aryl methyl sites for hydroxylation is 1. The highest BCUT2D eigenvalue weighted by Gasteiger charge is 2.11. The molecule has 1 aromatic heterocycles. The molecule has 0 unspecified atom stereocenters. The van der Waals surface area contributed by atoms with Gasteiger partial charge in [-0.2, -0.15) is 0 Å². The second-order valence-electron chi connectivity index (χ2n) is 5.41. The molecule has 0 saturated heterocycles. The van der Waals surface area contributed by atoms with Gasteiger partial charge in [-0.25, -0.2) is 0 Å². The molecule has 134 valence electrons. The Morgan fingerprint density at radius 1 is 1.16 bits per heavy atom. The van der Waals surface area contributed by atoms with Crippen molar-refractivity contribution >= 4 is 17.5 Å². The highest BCUT2D eigenvalue weighted by Crippen LogP contribution is 2.32. The number of carbonyl (C=O) groups is 2. The summed E-state index contributed by atoms with van der Waals surface area (Å²) in [7, 11) is 3.10. The molecule has 2 amide bonds. The maximum Gasteiger partial charge on any atom is 0.286 e. The number of hydrogen-bond donors (Lipinski definition) is 2. The van der Waals surface area contributed by atoms with Crippen LogP contribution in [0.3, 0.4) is 0 Å². The number of anilines is 1. The van der Waals surface area contributed by atoms with Crippen molar-refractivity contribution in [1.29, 1.82) is 0 Å². The maximum absolute atomic E-state index is 12.1. The highest BCUT2D eigenvalue weighted by atomic mass is 16.5. The number of furan rings is 1. The molecule has 7 nitrogen and oxygen atoms in total. The molecule has 1 aromatic carbocycles. The number of amides is 2. The van der Waals surface area contributed by atoms with Gasteiger partial charge in [0.1, 0.15) is 0 Å². The first-order chi connectivity index (χ1) is 12.0. The van der Waals surface area contributed by atoms with Crippen LogP contribution in [0.15, 0.2) is 34.9 Å². The van der Waals surface area contributed by atoms with Crippen molar-refractivity contribution in [1.82, 2.24) is 5.32 Å². The third-order valence-electron chi connectivity index (χ3n) is 3.62. The van der Waals surface area contributed by atoms with Gasteiger partial charge in [-0.3, -0.25) is 9.59 Å². The fraction of sp³-hybridized carbons (Fsp3) is 0.333. The van der Waals surface area contributed by atoms with E-state index in [0.29, 0.717) is 30.2 Å². The van der Waals surface area contributed by atoms with Gasteiger partial charge >= 0.3 is 0 Å². The molecular weight excluding hydrogens is 324 g/mol. The standard InChI is InChI=1S/C18H22N2O5/c1-12-10-15(23-2)16(24-3)11-13(12)20-17(21)7-4-8-19-18(22)14-6-5-9-25-14/h5-6,9-11H,4,7-8H2,1-3H3,(H,19,22)(H,20,21). The van der Waals surface area contributed by atoms with E-state index in [-0.39, 0.29) is 24.0 Å². The second kappa shape index (κ2) is 8.77. The van der Waals surface area contributed by atoms with Gasteiger partial charge in [-0.05, 0) is 37.1 Å². The van der Waals surface area contributed by atoms with Gasteiger partial charge < -0.3 is 24.5 Å². The minimum absolute atomic E-state index is 0.137. The Balaban J connectivity index is 1.81. The van der Waals surface area contributed by atoms with Crippen LogP contribution < -0.4 is 20.1 Å². The molecule has 0 aliphatic carbocycles. The predicted octanol–water partition coefficient (Wildman–Crippen LogP) is 2.75. The molecule has 2 rings (SSSR count). The van der Waals surface area contributed by atoms with Crippen LogP contribution in [0.1, 0.15) is 29.0 Å². The average molecular weight is 346 g/mol. The zero-order valence-corrected chi connectivity index (χ0v) is 14.5. The molecule has 0 radical (unpaired) electrons. The molecule has 0 aliphatic rings. The summed E-state index contributed by atoms with van der Waals surface area (Å²) in [5.41, 5.74) is 1.54. The summed E-state index contributed by atoms with van der Waals surface area (Å²) in [6, 6.07) is 6.76. The molecule has 7 heteroatoms. The summed E-state index contributed by atoms with van der Waals surface area (Å²) >= 11 is 0. The Bertz CT molecular complexity index is 725. The summed E-state index contributed by atoms with van der Waals surface area (Å²) < 4.78 is 15.5. The van der Waals surface area contributed by atoms with Gasteiger partial charge in [0, 0.05) is 24.7 Å². The number of benzene rings is 1. The number of carbonyl (C=O) groups excluding carboxylic acids is 2. The van der Waals surface area contributed by atoms with Gasteiger partial charge in [0.2, 0.25) is 5.91 Å². The second-order valence-corrected chi connectivity index (χ2v) is 5.41. The van der Waals surface area contributed by atoms with Crippen LogP contribution in [0.2, 0.25) is 0 Å². The lowest BCUT2D eigenvalue weighted by Crippen LogP contribution is -2.25. The summed E-state index contributed by atoms with van der Waals surface area (Å²) in [5, 5.41) is 5.55. The Kier molecular flexibility index (Phi) is 6.45. The van der Waals surface area contributed by atoms with Crippen LogP contribution in [-0.4, -0.2) is 32.6 Å². The van der Waals surface area contributed by atoms with Crippen LogP contribution >= 0.6 is 0 Å². The van der Waals surface area contributed by atoms with E-state index in [9.17, 15) is 9.59 Å². The van der Waals surface area contributed by atoms with Crippen LogP contribution in [0.25, 0.3) is 0 Å². The van der Waals surface area contributed by atoms with E-state index in [0.717, 1.165) is 5.56 Å². The van der Waals surface area contributed by atoms with E-state index in [1.54, 1.807) is 38.5 Å². The number of hydrogen-bond acceptors (Lipinski definition) is 5. The van der Waals surface area contributed by atoms with E-state index in [4.69, 9.17) is 13.9 Å². The van der Waals surface area contributed by atoms with E-state index < -0.39 is 0 Å². The minimum atomic E-state index is -0.291. The first-order valence-electron chi connectivity index (χ1n) is 7.89. The first kappa shape index (κ1) is 18.4. The Hall–Kier alpha value is -2.96. The van der Waals surface area contributed by atoms with Crippen molar-refractivity contribution < 1.29 is 23.5 Å². The summed E-state index contributed by atoms with van der Waals surface area (Å²) in [4.78, 5) is 23.8. The molecule has 2 aromatic rings. The van der Waals surface area contributed by atoms with Crippen molar-refractivity contribution in [2.75, 3.05) is 26.1 Å². The largest absolute Gasteiger partial charge is 0.493 e. The molecule has 0 bridgehead atoms. The van der Waals surface area contributed by atoms with Crippen LogP contribution in [-0.2, 0) is 4.79 Å². The summed E-state index contributed by atoms with van der Waals surface area (Å²) in [5.74, 6) is 0.988.